The normalized spacial score (nSPS) is 19.6. The number of carboxylic acids is 1. The number of hydrogen-bond donors (Lipinski definition) is 1. The van der Waals surface area contributed by atoms with Gasteiger partial charge in [-0.15, -0.1) is 0 Å². The van der Waals surface area contributed by atoms with Crippen molar-refractivity contribution >= 4 is 27.6 Å². The van der Waals surface area contributed by atoms with Crippen LogP contribution in [0.4, 0.5) is 5.69 Å². The highest BCUT2D eigenvalue weighted by atomic mass is 79.9. The van der Waals surface area contributed by atoms with Gasteiger partial charge < -0.3 is 14.9 Å². The Morgan fingerprint density at radius 1 is 1.58 bits per heavy atom. The highest BCUT2D eigenvalue weighted by Gasteiger charge is 2.24. The topological polar surface area (TPSA) is 43.8 Å². The van der Waals surface area contributed by atoms with Gasteiger partial charge in [0.05, 0.1) is 11.3 Å². The van der Waals surface area contributed by atoms with Gasteiger partial charge in [-0.1, -0.05) is 6.07 Å². The monoisotopic (exact) mass is 326 g/mol. The van der Waals surface area contributed by atoms with E-state index in [1.54, 1.807) is 6.07 Å². The van der Waals surface area contributed by atoms with E-state index in [9.17, 15) is 9.90 Å². The number of carbonyl (C=O) groups is 1. The Hall–Kier alpha value is -1.07. The van der Waals surface area contributed by atoms with E-state index in [1.807, 2.05) is 24.1 Å². The van der Waals surface area contributed by atoms with Crippen LogP contribution >= 0.6 is 15.9 Å². The lowest BCUT2D eigenvalue weighted by atomic mass is 10.1. The summed E-state index contributed by atoms with van der Waals surface area (Å²) in [6.07, 6.45) is 2.40. The second-order valence-corrected chi connectivity index (χ2v) is 5.95. The maximum Gasteiger partial charge on any atom is 0.338 e. The number of anilines is 1. The van der Waals surface area contributed by atoms with E-state index in [4.69, 9.17) is 0 Å². The first-order valence-electron chi connectivity index (χ1n) is 6.44. The van der Waals surface area contributed by atoms with Gasteiger partial charge in [0.15, 0.2) is 0 Å². The molecule has 2 rings (SSSR count). The molecule has 0 aromatic heterocycles. The number of rotatable bonds is 4. The van der Waals surface area contributed by atoms with Gasteiger partial charge in [-0.05, 0) is 54.5 Å². The van der Waals surface area contributed by atoms with Gasteiger partial charge in [-0.3, -0.25) is 0 Å². The molecule has 0 aliphatic carbocycles. The first-order valence-corrected chi connectivity index (χ1v) is 7.23. The fraction of sp³-hybridized carbons (Fsp3) is 0.500. The van der Waals surface area contributed by atoms with E-state index >= 15 is 0 Å². The predicted octanol–water partition coefficient (Wildman–Crippen LogP) is 2.68. The van der Waals surface area contributed by atoms with Crippen molar-refractivity contribution in [3.63, 3.8) is 0 Å². The molecule has 1 saturated heterocycles. The zero-order valence-corrected chi connectivity index (χ0v) is 12.9. The average molecular weight is 327 g/mol. The zero-order valence-electron chi connectivity index (χ0n) is 11.3. The lowest BCUT2D eigenvalue weighted by molar-refractivity contribution is 0.0696. The van der Waals surface area contributed by atoms with Gasteiger partial charge in [0.25, 0.3) is 0 Å². The lowest BCUT2D eigenvalue weighted by Crippen LogP contribution is -2.37. The molecule has 1 N–H and O–H groups in total. The Kier molecular flexibility index (Phi) is 4.47. The third-order valence-corrected chi connectivity index (χ3v) is 4.43. The number of halogens is 1. The minimum Gasteiger partial charge on any atom is -0.478 e. The van der Waals surface area contributed by atoms with Gasteiger partial charge in [-0.2, -0.15) is 0 Å². The van der Waals surface area contributed by atoms with Crippen molar-refractivity contribution in [3.05, 3.63) is 28.2 Å². The molecule has 0 radical (unpaired) electrons. The van der Waals surface area contributed by atoms with Crippen LogP contribution in [0.25, 0.3) is 0 Å². The summed E-state index contributed by atoms with van der Waals surface area (Å²) >= 11 is 3.32. The van der Waals surface area contributed by atoms with E-state index < -0.39 is 5.97 Å². The number of likely N-dealkylation sites (tertiary alicyclic amines) is 1. The Labute approximate surface area is 122 Å². The van der Waals surface area contributed by atoms with E-state index in [-0.39, 0.29) is 0 Å². The Morgan fingerprint density at radius 2 is 2.32 bits per heavy atom. The predicted molar refractivity (Wildman–Crippen MR) is 80.0 cm³/mol. The van der Waals surface area contributed by atoms with Crippen LogP contribution in [0.1, 0.15) is 23.2 Å². The number of likely N-dealkylation sites (N-methyl/N-ethyl adjacent to an activating group) is 2. The fourth-order valence-corrected chi connectivity index (χ4v) is 3.19. The number of hydrogen-bond acceptors (Lipinski definition) is 3. The molecule has 0 bridgehead atoms. The summed E-state index contributed by atoms with van der Waals surface area (Å²) < 4.78 is 0.629. The summed E-state index contributed by atoms with van der Waals surface area (Å²) in [5.74, 6) is -0.894. The summed E-state index contributed by atoms with van der Waals surface area (Å²) in [7, 11) is 4.09. The summed E-state index contributed by atoms with van der Waals surface area (Å²) in [4.78, 5) is 15.8. The standard InChI is InChI=1S/C14H19BrN2O2/c1-16-8-4-5-10(16)9-17(2)12-7-3-6-11(15)13(12)14(18)19/h3,6-7,10H,4-5,8-9H2,1-2H3,(H,18,19). The molecule has 19 heavy (non-hydrogen) atoms. The Bertz CT molecular complexity index is 479. The maximum atomic E-state index is 11.4. The van der Waals surface area contributed by atoms with Gasteiger partial charge in [-0.25, -0.2) is 4.79 Å². The van der Waals surface area contributed by atoms with Crippen LogP contribution < -0.4 is 4.90 Å². The molecular weight excluding hydrogens is 308 g/mol. The van der Waals surface area contributed by atoms with E-state index in [0.717, 1.165) is 18.8 Å². The Morgan fingerprint density at radius 3 is 2.89 bits per heavy atom. The van der Waals surface area contributed by atoms with Crippen LogP contribution in [-0.2, 0) is 0 Å². The molecular formula is C14H19BrN2O2. The molecule has 0 saturated carbocycles. The third-order valence-electron chi connectivity index (χ3n) is 3.77. The molecule has 1 fully saturated rings. The molecule has 1 heterocycles. The minimum absolute atomic E-state index is 0.339. The first-order chi connectivity index (χ1) is 9.00. The van der Waals surface area contributed by atoms with Crippen LogP contribution in [0.2, 0.25) is 0 Å². The van der Waals surface area contributed by atoms with Crippen molar-refractivity contribution in [1.82, 2.24) is 4.90 Å². The average Bonchev–Trinajstić information content (AvgIpc) is 2.74. The molecule has 1 atom stereocenters. The van der Waals surface area contributed by atoms with Gasteiger partial charge >= 0.3 is 5.97 Å². The van der Waals surface area contributed by atoms with E-state index in [2.05, 4.69) is 27.9 Å². The van der Waals surface area contributed by atoms with Crippen molar-refractivity contribution < 1.29 is 9.90 Å². The largest absolute Gasteiger partial charge is 0.478 e. The van der Waals surface area contributed by atoms with Gasteiger partial charge in [0.1, 0.15) is 0 Å². The SMILES string of the molecule is CN(CC1CCCN1C)c1cccc(Br)c1C(=O)O. The second-order valence-electron chi connectivity index (χ2n) is 5.10. The first kappa shape index (κ1) is 14.3. The maximum absolute atomic E-state index is 11.4. The highest BCUT2D eigenvalue weighted by molar-refractivity contribution is 9.10. The molecule has 4 nitrogen and oxygen atoms in total. The number of nitrogens with zero attached hydrogens (tertiary/aromatic N) is 2. The zero-order chi connectivity index (χ0) is 14.0. The highest BCUT2D eigenvalue weighted by Crippen LogP contribution is 2.28. The molecule has 1 aromatic rings. The molecule has 1 aromatic carbocycles. The molecule has 5 heteroatoms. The molecule has 0 amide bonds. The van der Waals surface area contributed by atoms with Crippen molar-refractivity contribution in [2.45, 2.75) is 18.9 Å². The lowest BCUT2D eigenvalue weighted by Gasteiger charge is -2.28. The molecule has 1 unspecified atom stereocenters. The molecule has 104 valence electrons. The minimum atomic E-state index is -0.894. The van der Waals surface area contributed by atoms with Crippen molar-refractivity contribution in [2.24, 2.45) is 0 Å². The molecule has 1 aliphatic rings. The third kappa shape index (κ3) is 3.09. The van der Waals surface area contributed by atoms with Crippen LogP contribution in [0, 0.1) is 0 Å². The summed E-state index contributed by atoms with van der Waals surface area (Å²) in [5, 5.41) is 9.34. The van der Waals surface area contributed by atoms with Crippen molar-refractivity contribution in [2.75, 3.05) is 32.1 Å². The Balaban J connectivity index is 2.21. The van der Waals surface area contributed by atoms with Crippen LogP contribution in [0.5, 0.6) is 0 Å². The number of carboxylic acid groups (broad SMARTS) is 1. The fourth-order valence-electron chi connectivity index (χ4n) is 2.67. The molecule has 1 aliphatic heterocycles. The summed E-state index contributed by atoms with van der Waals surface area (Å²) in [5.41, 5.74) is 1.10. The quantitative estimate of drug-likeness (QED) is 0.923. The summed E-state index contributed by atoms with van der Waals surface area (Å²) in [6.45, 7) is 1.98. The second kappa shape index (κ2) is 5.92. The van der Waals surface area contributed by atoms with Gasteiger partial charge in [0.2, 0.25) is 0 Å². The van der Waals surface area contributed by atoms with E-state index in [1.165, 1.54) is 12.8 Å². The van der Waals surface area contributed by atoms with Crippen LogP contribution in [-0.4, -0.2) is 49.2 Å². The van der Waals surface area contributed by atoms with Crippen molar-refractivity contribution in [3.8, 4) is 0 Å². The van der Waals surface area contributed by atoms with E-state index in [0.29, 0.717) is 16.1 Å². The van der Waals surface area contributed by atoms with Crippen LogP contribution in [0.15, 0.2) is 22.7 Å². The van der Waals surface area contributed by atoms with Gasteiger partial charge in [0, 0.05) is 24.1 Å². The smallest absolute Gasteiger partial charge is 0.338 e. The number of aromatic carboxylic acids is 1. The van der Waals surface area contributed by atoms with Crippen molar-refractivity contribution in [1.29, 1.82) is 0 Å². The van der Waals surface area contributed by atoms with Crippen LogP contribution in [0.3, 0.4) is 0 Å². The number of benzene rings is 1. The summed E-state index contributed by atoms with van der Waals surface area (Å²) in [6, 6.07) is 6.01. The molecule has 0 spiro atoms.